The number of ether oxygens (including phenoxy) is 1. The Bertz CT molecular complexity index is 586. The summed E-state index contributed by atoms with van der Waals surface area (Å²) in [6.45, 7) is -0.291. The molecule has 5 nitrogen and oxygen atoms in total. The minimum Gasteiger partial charge on any atom is -0.506 e. The quantitative estimate of drug-likeness (QED) is 0.559. The molecule has 2 aromatic carbocycles. The lowest BCUT2D eigenvalue weighted by Gasteiger charge is -2.17. The van der Waals surface area contributed by atoms with Gasteiger partial charge in [0, 0.05) is 0 Å². The predicted molar refractivity (Wildman–Crippen MR) is 78.8 cm³/mol. The van der Waals surface area contributed by atoms with E-state index in [2.05, 4.69) is 5.32 Å². The van der Waals surface area contributed by atoms with Crippen LogP contribution in [0.2, 0.25) is 0 Å². The van der Waals surface area contributed by atoms with Crippen LogP contribution in [0.5, 0.6) is 5.75 Å². The number of anilines is 1. The number of carbonyl (C=O) groups excluding carboxylic acids is 1. The van der Waals surface area contributed by atoms with E-state index in [1.807, 2.05) is 30.3 Å². The first-order valence-corrected chi connectivity index (χ1v) is 6.56. The summed E-state index contributed by atoms with van der Waals surface area (Å²) in [6.07, 6.45) is 0. The summed E-state index contributed by atoms with van der Waals surface area (Å²) in [5.41, 5.74) is 1.23. The van der Waals surface area contributed by atoms with Crippen molar-refractivity contribution in [1.82, 2.24) is 0 Å². The van der Waals surface area contributed by atoms with Crippen molar-refractivity contribution >= 4 is 11.7 Å². The van der Waals surface area contributed by atoms with E-state index in [9.17, 15) is 15.0 Å². The van der Waals surface area contributed by atoms with Gasteiger partial charge in [0.1, 0.15) is 18.4 Å². The molecule has 0 radical (unpaired) electrons. The van der Waals surface area contributed by atoms with Crippen molar-refractivity contribution in [2.75, 3.05) is 11.9 Å². The number of aliphatic hydroxyl groups excluding tert-OH is 1. The van der Waals surface area contributed by atoms with Gasteiger partial charge < -0.3 is 20.3 Å². The van der Waals surface area contributed by atoms with Crippen molar-refractivity contribution in [3.8, 4) is 5.75 Å². The molecule has 0 aliphatic rings. The molecule has 1 unspecified atom stereocenters. The monoisotopic (exact) mass is 287 g/mol. The summed E-state index contributed by atoms with van der Waals surface area (Å²) in [7, 11) is 0. The number of nitrogens with one attached hydrogen (secondary N) is 1. The average molecular weight is 287 g/mol. The van der Waals surface area contributed by atoms with Crippen molar-refractivity contribution in [2.24, 2.45) is 0 Å². The molecule has 110 valence electrons. The lowest BCUT2D eigenvalue weighted by Crippen LogP contribution is -2.34. The zero-order valence-corrected chi connectivity index (χ0v) is 11.4. The molecule has 3 N–H and O–H groups in total. The summed E-state index contributed by atoms with van der Waals surface area (Å²) < 4.78 is 5.15. The van der Waals surface area contributed by atoms with Gasteiger partial charge in [0.2, 0.25) is 0 Å². The number of phenols is 1. The number of para-hydroxylation sites is 2. The molecule has 0 saturated carbocycles. The second kappa shape index (κ2) is 7.31. The topological polar surface area (TPSA) is 78.8 Å². The maximum Gasteiger partial charge on any atom is 0.331 e. The SMILES string of the molecule is O=C(OCc1ccccc1)C(CO)Nc1ccccc1O. The summed E-state index contributed by atoms with van der Waals surface area (Å²) in [5, 5.41) is 21.7. The molecular weight excluding hydrogens is 270 g/mol. The third-order valence-electron chi connectivity index (χ3n) is 2.92. The van der Waals surface area contributed by atoms with Crippen LogP contribution in [-0.4, -0.2) is 28.8 Å². The van der Waals surface area contributed by atoms with E-state index in [4.69, 9.17) is 4.74 Å². The molecule has 0 bridgehead atoms. The summed E-state index contributed by atoms with van der Waals surface area (Å²) >= 11 is 0. The van der Waals surface area contributed by atoms with Crippen LogP contribution in [0.25, 0.3) is 0 Å². The van der Waals surface area contributed by atoms with Gasteiger partial charge in [0.15, 0.2) is 0 Å². The van der Waals surface area contributed by atoms with E-state index in [1.165, 1.54) is 6.07 Å². The first-order chi connectivity index (χ1) is 10.2. The van der Waals surface area contributed by atoms with Crippen LogP contribution in [0.4, 0.5) is 5.69 Å². The molecule has 21 heavy (non-hydrogen) atoms. The minimum absolute atomic E-state index is 0.00630. The average Bonchev–Trinajstić information content (AvgIpc) is 2.53. The third-order valence-corrected chi connectivity index (χ3v) is 2.92. The number of esters is 1. The number of carbonyl (C=O) groups is 1. The summed E-state index contributed by atoms with van der Waals surface area (Å²) in [4.78, 5) is 11.9. The van der Waals surface area contributed by atoms with Gasteiger partial charge >= 0.3 is 5.97 Å². The number of aromatic hydroxyl groups is 1. The molecule has 1 atom stereocenters. The van der Waals surface area contributed by atoms with Crippen LogP contribution >= 0.6 is 0 Å². The van der Waals surface area contributed by atoms with Gasteiger partial charge in [0.05, 0.1) is 12.3 Å². The highest BCUT2D eigenvalue weighted by Gasteiger charge is 2.20. The van der Waals surface area contributed by atoms with Gasteiger partial charge in [-0.05, 0) is 17.7 Å². The Labute approximate surface area is 122 Å². The molecule has 0 heterocycles. The van der Waals surface area contributed by atoms with Gasteiger partial charge in [-0.2, -0.15) is 0 Å². The summed E-state index contributed by atoms with van der Waals surface area (Å²) in [6, 6.07) is 14.8. The van der Waals surface area contributed by atoms with Crippen LogP contribution in [0, 0.1) is 0 Å². The maximum absolute atomic E-state index is 11.9. The Morgan fingerprint density at radius 1 is 1.10 bits per heavy atom. The number of rotatable bonds is 6. The van der Waals surface area contributed by atoms with E-state index in [1.54, 1.807) is 18.2 Å². The van der Waals surface area contributed by atoms with Crippen LogP contribution in [0.3, 0.4) is 0 Å². The Kier molecular flexibility index (Phi) is 5.17. The van der Waals surface area contributed by atoms with Crippen molar-refractivity contribution in [2.45, 2.75) is 12.6 Å². The minimum atomic E-state index is -0.929. The molecular formula is C16H17NO4. The zero-order chi connectivity index (χ0) is 15.1. The highest BCUT2D eigenvalue weighted by atomic mass is 16.5. The van der Waals surface area contributed by atoms with Crippen LogP contribution in [0.1, 0.15) is 5.56 Å². The molecule has 0 amide bonds. The Balaban J connectivity index is 1.94. The molecule has 0 aliphatic carbocycles. The molecule has 0 aliphatic heterocycles. The standard InChI is InChI=1S/C16H17NO4/c18-10-14(17-13-8-4-5-9-15(13)19)16(20)21-11-12-6-2-1-3-7-12/h1-9,14,17-19H,10-11H2. The molecule has 0 aromatic heterocycles. The Hall–Kier alpha value is -2.53. The van der Waals surface area contributed by atoms with Crippen LogP contribution in [-0.2, 0) is 16.1 Å². The fraction of sp³-hybridized carbons (Fsp3) is 0.188. The first-order valence-electron chi connectivity index (χ1n) is 6.56. The fourth-order valence-corrected chi connectivity index (χ4v) is 1.79. The van der Waals surface area contributed by atoms with Crippen LogP contribution in [0.15, 0.2) is 54.6 Å². The highest BCUT2D eigenvalue weighted by molar-refractivity contribution is 5.80. The third kappa shape index (κ3) is 4.22. The normalized spacial score (nSPS) is 11.7. The number of hydrogen-bond acceptors (Lipinski definition) is 5. The second-order valence-corrected chi connectivity index (χ2v) is 4.49. The van der Waals surface area contributed by atoms with Crippen molar-refractivity contribution in [1.29, 1.82) is 0 Å². The summed E-state index contributed by atoms with van der Waals surface area (Å²) in [5.74, 6) is -0.573. The lowest BCUT2D eigenvalue weighted by molar-refractivity contribution is -0.146. The predicted octanol–water partition coefficient (Wildman–Crippen LogP) is 1.91. The molecule has 2 aromatic rings. The van der Waals surface area contributed by atoms with E-state index in [0.717, 1.165) is 5.56 Å². The van der Waals surface area contributed by atoms with E-state index in [0.29, 0.717) is 5.69 Å². The molecule has 0 saturated heterocycles. The Morgan fingerprint density at radius 2 is 1.76 bits per heavy atom. The first kappa shape index (κ1) is 14.9. The van der Waals surface area contributed by atoms with Gasteiger partial charge in [-0.1, -0.05) is 42.5 Å². The maximum atomic E-state index is 11.9. The van der Waals surface area contributed by atoms with E-state index in [-0.39, 0.29) is 12.4 Å². The highest BCUT2D eigenvalue weighted by Crippen LogP contribution is 2.22. The van der Waals surface area contributed by atoms with Crippen molar-refractivity contribution in [3.05, 3.63) is 60.2 Å². The largest absolute Gasteiger partial charge is 0.506 e. The number of aliphatic hydroxyl groups is 1. The number of phenolic OH excluding ortho intramolecular Hbond substituents is 1. The Morgan fingerprint density at radius 3 is 2.43 bits per heavy atom. The molecule has 2 rings (SSSR count). The fourth-order valence-electron chi connectivity index (χ4n) is 1.79. The van der Waals surface area contributed by atoms with Crippen LogP contribution < -0.4 is 5.32 Å². The number of benzene rings is 2. The van der Waals surface area contributed by atoms with Crippen molar-refractivity contribution < 1.29 is 19.7 Å². The van der Waals surface area contributed by atoms with Gasteiger partial charge in [-0.3, -0.25) is 0 Å². The van der Waals surface area contributed by atoms with Gasteiger partial charge in [0.25, 0.3) is 0 Å². The van der Waals surface area contributed by atoms with Crippen molar-refractivity contribution in [3.63, 3.8) is 0 Å². The van der Waals surface area contributed by atoms with E-state index >= 15 is 0 Å². The molecule has 5 heteroatoms. The lowest BCUT2D eigenvalue weighted by atomic mass is 10.2. The van der Waals surface area contributed by atoms with Gasteiger partial charge in [-0.15, -0.1) is 0 Å². The zero-order valence-electron chi connectivity index (χ0n) is 11.4. The van der Waals surface area contributed by atoms with E-state index < -0.39 is 18.6 Å². The molecule has 0 spiro atoms. The molecule has 0 fully saturated rings. The smallest absolute Gasteiger partial charge is 0.331 e. The van der Waals surface area contributed by atoms with Gasteiger partial charge in [-0.25, -0.2) is 4.79 Å². The number of hydrogen-bond donors (Lipinski definition) is 3. The second-order valence-electron chi connectivity index (χ2n) is 4.49.